The molecule has 1 rings (SSSR count). The monoisotopic (exact) mass is 204 g/mol. The number of halogens is 1. The molecule has 3 nitrogen and oxygen atoms in total. The van der Waals surface area contributed by atoms with Crippen LogP contribution in [0.15, 0.2) is 29.2 Å². The maximum Gasteiger partial charge on any atom is 0.252 e. The molecule has 0 spiro atoms. The minimum Gasteiger partial charge on any atom is -0.302 e. The van der Waals surface area contributed by atoms with Crippen molar-refractivity contribution in [2.75, 3.05) is 0 Å². The van der Waals surface area contributed by atoms with Gasteiger partial charge in [0.15, 0.2) is 11.1 Å². The average Bonchev–Trinajstić information content (AvgIpc) is 2.04. The van der Waals surface area contributed by atoms with Crippen molar-refractivity contribution in [3.8, 4) is 0 Å². The molecule has 64 valence electrons. The highest BCUT2D eigenvalue weighted by Crippen LogP contribution is 2.10. The van der Waals surface area contributed by atoms with Gasteiger partial charge in [0.1, 0.15) is 0 Å². The summed E-state index contributed by atoms with van der Waals surface area (Å²) in [5.74, 6) is 0. The molecule has 0 aliphatic rings. The fourth-order valence-electron chi connectivity index (χ4n) is 0.727. The fourth-order valence-corrected chi connectivity index (χ4v) is 1.27. The van der Waals surface area contributed by atoms with Gasteiger partial charge in [-0.1, -0.05) is 12.1 Å². The van der Waals surface area contributed by atoms with Gasteiger partial charge in [-0.15, -0.1) is 0 Å². The molecule has 0 aliphatic heterocycles. The van der Waals surface area contributed by atoms with E-state index in [1.807, 2.05) is 0 Å². The molecule has 12 heavy (non-hydrogen) atoms. The van der Waals surface area contributed by atoms with Crippen LogP contribution >= 0.6 is 11.6 Å². The van der Waals surface area contributed by atoms with Gasteiger partial charge in [0, 0.05) is 5.56 Å². The Morgan fingerprint density at radius 3 is 2.67 bits per heavy atom. The topological polar surface area (TPSA) is 54.4 Å². The van der Waals surface area contributed by atoms with Crippen molar-refractivity contribution in [1.29, 1.82) is 0 Å². The Balaban J connectivity index is 3.12. The van der Waals surface area contributed by atoms with E-state index in [1.54, 1.807) is 0 Å². The predicted molar refractivity (Wildman–Crippen MR) is 45.7 cm³/mol. The molecule has 1 atom stereocenters. The van der Waals surface area contributed by atoms with Gasteiger partial charge < -0.3 is 4.55 Å². The van der Waals surface area contributed by atoms with Gasteiger partial charge >= 0.3 is 0 Å². The summed E-state index contributed by atoms with van der Waals surface area (Å²) < 4.78 is 19.2. The maximum atomic E-state index is 10.6. The van der Waals surface area contributed by atoms with E-state index < -0.39 is 16.3 Å². The van der Waals surface area contributed by atoms with Crippen LogP contribution in [0.25, 0.3) is 0 Å². The van der Waals surface area contributed by atoms with Crippen LogP contribution in [-0.4, -0.2) is 14.0 Å². The number of carbonyl (C=O) groups excluding carboxylic acids is 1. The van der Waals surface area contributed by atoms with Crippen LogP contribution in [0, 0.1) is 0 Å². The highest BCUT2D eigenvalue weighted by Gasteiger charge is 2.04. The summed E-state index contributed by atoms with van der Waals surface area (Å²) in [5.41, 5.74) is 0.219. The molecule has 5 heteroatoms. The van der Waals surface area contributed by atoms with Gasteiger partial charge in [-0.2, -0.15) is 0 Å². The second-order valence-electron chi connectivity index (χ2n) is 2.05. The van der Waals surface area contributed by atoms with Crippen molar-refractivity contribution in [2.24, 2.45) is 0 Å². The molecule has 1 aromatic rings. The van der Waals surface area contributed by atoms with Gasteiger partial charge in [-0.3, -0.25) is 4.79 Å². The van der Waals surface area contributed by atoms with E-state index in [9.17, 15) is 9.00 Å². The zero-order valence-corrected chi connectivity index (χ0v) is 7.43. The van der Waals surface area contributed by atoms with Crippen LogP contribution in [0.4, 0.5) is 0 Å². The van der Waals surface area contributed by atoms with E-state index in [4.69, 9.17) is 16.2 Å². The normalized spacial score (nSPS) is 12.5. The maximum absolute atomic E-state index is 10.6. The van der Waals surface area contributed by atoms with E-state index >= 15 is 0 Å². The van der Waals surface area contributed by atoms with Gasteiger partial charge in [0.05, 0.1) is 4.90 Å². The molecule has 0 radical (unpaired) electrons. The summed E-state index contributed by atoms with van der Waals surface area (Å²) in [6.07, 6.45) is 0. The Morgan fingerprint density at radius 2 is 2.17 bits per heavy atom. The van der Waals surface area contributed by atoms with Crippen molar-refractivity contribution in [1.82, 2.24) is 0 Å². The van der Waals surface area contributed by atoms with Crippen LogP contribution in [0.1, 0.15) is 10.4 Å². The minimum absolute atomic E-state index is 0.168. The zero-order chi connectivity index (χ0) is 9.14. The first-order valence-corrected chi connectivity index (χ1v) is 4.50. The lowest BCUT2D eigenvalue weighted by Crippen LogP contribution is -1.93. The highest BCUT2D eigenvalue weighted by atomic mass is 35.5. The lowest BCUT2D eigenvalue weighted by atomic mass is 10.2. The molecular formula is C7H5ClO3S. The number of hydrogen-bond acceptors (Lipinski definition) is 2. The van der Waals surface area contributed by atoms with Crippen molar-refractivity contribution in [2.45, 2.75) is 4.90 Å². The quantitative estimate of drug-likeness (QED) is 0.589. The number of rotatable bonds is 2. The Labute approximate surface area is 76.6 Å². The third-order valence-corrected chi connectivity index (χ3v) is 2.14. The molecule has 1 N–H and O–H groups in total. The summed E-state index contributed by atoms with van der Waals surface area (Å²) in [6.45, 7) is 0. The van der Waals surface area contributed by atoms with Gasteiger partial charge in [0.2, 0.25) is 0 Å². The van der Waals surface area contributed by atoms with Crippen LogP contribution in [-0.2, 0) is 11.1 Å². The first-order valence-electron chi connectivity index (χ1n) is 3.02. The number of hydrogen-bond donors (Lipinski definition) is 1. The second-order valence-corrected chi connectivity index (χ2v) is 3.36. The van der Waals surface area contributed by atoms with Crippen molar-refractivity contribution < 1.29 is 13.6 Å². The molecule has 0 heterocycles. The standard InChI is InChI=1S/C7H5ClO3S/c8-7(9)5-2-1-3-6(4-5)12(10)11/h1-4H,(H,10,11). The molecule has 0 aliphatic carbocycles. The van der Waals surface area contributed by atoms with E-state index in [2.05, 4.69) is 0 Å². The third kappa shape index (κ3) is 2.14. The SMILES string of the molecule is O=C(Cl)c1cccc(S(=O)O)c1. The van der Waals surface area contributed by atoms with Crippen LogP contribution in [0.2, 0.25) is 0 Å². The van der Waals surface area contributed by atoms with Crippen molar-refractivity contribution in [3.05, 3.63) is 29.8 Å². The second kappa shape index (κ2) is 3.80. The van der Waals surface area contributed by atoms with E-state index in [1.165, 1.54) is 24.3 Å². The first-order chi connectivity index (χ1) is 5.61. The van der Waals surface area contributed by atoms with E-state index in [0.717, 1.165) is 0 Å². The highest BCUT2D eigenvalue weighted by molar-refractivity contribution is 7.79. The van der Waals surface area contributed by atoms with E-state index in [0.29, 0.717) is 0 Å². The molecule has 0 bridgehead atoms. The Kier molecular flexibility index (Phi) is 2.97. The molecule has 0 saturated carbocycles. The summed E-state index contributed by atoms with van der Waals surface area (Å²) in [7, 11) is 0. The smallest absolute Gasteiger partial charge is 0.252 e. The predicted octanol–water partition coefficient (Wildman–Crippen LogP) is 1.65. The van der Waals surface area contributed by atoms with Gasteiger partial charge in [-0.05, 0) is 23.7 Å². The number of benzene rings is 1. The fraction of sp³-hybridized carbons (Fsp3) is 0. The summed E-state index contributed by atoms with van der Waals surface area (Å²) in [4.78, 5) is 10.8. The lowest BCUT2D eigenvalue weighted by molar-refractivity contribution is 0.108. The molecule has 1 aromatic carbocycles. The Morgan fingerprint density at radius 1 is 1.50 bits per heavy atom. The molecule has 0 amide bonds. The molecule has 0 fully saturated rings. The third-order valence-electron chi connectivity index (χ3n) is 1.26. The number of carbonyl (C=O) groups is 1. The largest absolute Gasteiger partial charge is 0.302 e. The summed E-state index contributed by atoms with van der Waals surface area (Å²) >= 11 is 3.09. The van der Waals surface area contributed by atoms with E-state index in [-0.39, 0.29) is 10.5 Å². The average molecular weight is 205 g/mol. The van der Waals surface area contributed by atoms with Crippen LogP contribution in [0.3, 0.4) is 0 Å². The Bertz CT molecular complexity index is 308. The minimum atomic E-state index is -2.07. The molecule has 0 saturated heterocycles. The van der Waals surface area contributed by atoms with Crippen LogP contribution < -0.4 is 0 Å². The first kappa shape index (κ1) is 9.38. The van der Waals surface area contributed by atoms with Gasteiger partial charge in [-0.25, -0.2) is 4.21 Å². The molecule has 0 aromatic heterocycles. The lowest BCUT2D eigenvalue weighted by Gasteiger charge is -1.95. The molecular weight excluding hydrogens is 200 g/mol. The zero-order valence-electron chi connectivity index (χ0n) is 5.86. The van der Waals surface area contributed by atoms with Crippen molar-refractivity contribution in [3.63, 3.8) is 0 Å². The Hall–Kier alpha value is -0.710. The van der Waals surface area contributed by atoms with Crippen molar-refractivity contribution >= 4 is 27.9 Å². The summed E-state index contributed by atoms with van der Waals surface area (Å²) in [6, 6.07) is 5.70. The van der Waals surface area contributed by atoms with Crippen LogP contribution in [0.5, 0.6) is 0 Å². The molecule has 1 unspecified atom stereocenters. The van der Waals surface area contributed by atoms with Gasteiger partial charge in [0.25, 0.3) is 5.24 Å². The summed E-state index contributed by atoms with van der Waals surface area (Å²) in [5, 5.41) is -0.637.